The molecule has 6 heteroatoms. The highest BCUT2D eigenvalue weighted by molar-refractivity contribution is 5.01. The topological polar surface area (TPSA) is 59.0 Å². The number of aromatic amines is 1. The Labute approximate surface area is 125 Å². The van der Waals surface area contributed by atoms with Crippen LogP contribution in [0.25, 0.3) is 0 Å². The average molecular weight is 289 g/mol. The number of H-pyrrole nitrogens is 1. The van der Waals surface area contributed by atoms with Gasteiger partial charge >= 0.3 is 0 Å². The van der Waals surface area contributed by atoms with Crippen LogP contribution in [0.4, 0.5) is 0 Å². The lowest BCUT2D eigenvalue weighted by Gasteiger charge is -2.31. The van der Waals surface area contributed by atoms with Crippen molar-refractivity contribution in [2.45, 2.75) is 31.8 Å². The number of ether oxygens (including phenoxy) is 1. The van der Waals surface area contributed by atoms with Crippen molar-refractivity contribution in [3.05, 3.63) is 36.4 Å². The Morgan fingerprint density at radius 3 is 3.14 bits per heavy atom. The molecule has 2 aromatic rings. The Balaban J connectivity index is 1.61. The van der Waals surface area contributed by atoms with Crippen molar-refractivity contribution in [3.63, 3.8) is 0 Å². The minimum atomic E-state index is 0.510. The van der Waals surface area contributed by atoms with Crippen LogP contribution in [0.15, 0.2) is 24.8 Å². The molecule has 1 fully saturated rings. The molecule has 0 spiro atoms. The average Bonchev–Trinajstić information content (AvgIpc) is 3.17. The highest BCUT2D eigenvalue weighted by atomic mass is 16.5. The van der Waals surface area contributed by atoms with Crippen molar-refractivity contribution < 1.29 is 4.74 Å². The van der Waals surface area contributed by atoms with Crippen LogP contribution in [0.2, 0.25) is 0 Å². The molecule has 1 aliphatic rings. The standard InChI is InChI=1S/C15H23N5O/c1-21-10-9-20-8-6-16-14(20)12-19-7-2-3-13(11-19)15-17-4-5-18-15/h4-6,8,13H,2-3,7,9-12H2,1H3,(H,17,18). The first-order valence-corrected chi connectivity index (χ1v) is 7.57. The molecule has 0 radical (unpaired) electrons. The lowest BCUT2D eigenvalue weighted by atomic mass is 9.97. The SMILES string of the molecule is COCCn1ccnc1CN1CCCC(c2ncc[nH]2)C1. The summed E-state index contributed by atoms with van der Waals surface area (Å²) in [7, 11) is 1.73. The summed E-state index contributed by atoms with van der Waals surface area (Å²) >= 11 is 0. The van der Waals surface area contributed by atoms with Gasteiger partial charge in [0, 0.05) is 50.9 Å². The van der Waals surface area contributed by atoms with E-state index in [1.54, 1.807) is 7.11 Å². The van der Waals surface area contributed by atoms with Crippen LogP contribution < -0.4 is 0 Å². The van der Waals surface area contributed by atoms with Crippen molar-refractivity contribution in [3.8, 4) is 0 Å². The molecule has 1 saturated heterocycles. The zero-order valence-corrected chi connectivity index (χ0v) is 12.5. The van der Waals surface area contributed by atoms with Crippen LogP contribution in [0.5, 0.6) is 0 Å². The van der Waals surface area contributed by atoms with Gasteiger partial charge in [0.25, 0.3) is 0 Å². The summed E-state index contributed by atoms with van der Waals surface area (Å²) < 4.78 is 7.33. The molecule has 0 amide bonds. The second-order valence-electron chi connectivity index (χ2n) is 5.58. The smallest absolute Gasteiger partial charge is 0.122 e. The molecule has 0 saturated carbocycles. The van der Waals surface area contributed by atoms with Gasteiger partial charge in [0.05, 0.1) is 13.2 Å². The maximum atomic E-state index is 5.15. The van der Waals surface area contributed by atoms with E-state index in [1.807, 2.05) is 24.8 Å². The van der Waals surface area contributed by atoms with Gasteiger partial charge in [-0.1, -0.05) is 0 Å². The molecule has 1 aliphatic heterocycles. The van der Waals surface area contributed by atoms with E-state index in [4.69, 9.17) is 4.74 Å². The van der Waals surface area contributed by atoms with Gasteiger partial charge in [-0.3, -0.25) is 4.90 Å². The fraction of sp³-hybridized carbons (Fsp3) is 0.600. The number of imidazole rings is 2. The third-order valence-electron chi connectivity index (χ3n) is 4.11. The van der Waals surface area contributed by atoms with Gasteiger partial charge in [-0.05, 0) is 19.4 Å². The second-order valence-corrected chi connectivity index (χ2v) is 5.58. The first-order chi connectivity index (χ1) is 10.4. The van der Waals surface area contributed by atoms with Crippen LogP contribution in [-0.4, -0.2) is 51.2 Å². The number of likely N-dealkylation sites (tertiary alicyclic amines) is 1. The zero-order valence-electron chi connectivity index (χ0n) is 12.5. The molecule has 1 N–H and O–H groups in total. The number of methoxy groups -OCH3 is 1. The fourth-order valence-electron chi connectivity index (χ4n) is 3.01. The molecular formula is C15H23N5O. The first-order valence-electron chi connectivity index (χ1n) is 7.57. The highest BCUT2D eigenvalue weighted by Gasteiger charge is 2.23. The van der Waals surface area contributed by atoms with E-state index in [0.717, 1.165) is 44.4 Å². The van der Waals surface area contributed by atoms with Crippen LogP contribution in [0.3, 0.4) is 0 Å². The number of nitrogens with zero attached hydrogens (tertiary/aromatic N) is 4. The van der Waals surface area contributed by atoms with E-state index in [0.29, 0.717) is 5.92 Å². The number of rotatable bonds is 6. The molecule has 6 nitrogen and oxygen atoms in total. The summed E-state index contributed by atoms with van der Waals surface area (Å²) in [5.74, 6) is 2.74. The van der Waals surface area contributed by atoms with Crippen molar-refractivity contribution in [1.82, 2.24) is 24.4 Å². The third-order valence-corrected chi connectivity index (χ3v) is 4.11. The zero-order chi connectivity index (χ0) is 14.5. The van der Waals surface area contributed by atoms with Crippen molar-refractivity contribution in [2.24, 2.45) is 0 Å². The largest absolute Gasteiger partial charge is 0.383 e. The molecule has 3 heterocycles. The van der Waals surface area contributed by atoms with Gasteiger partial charge in [0.1, 0.15) is 11.6 Å². The molecule has 114 valence electrons. The molecule has 3 rings (SSSR count). The van der Waals surface area contributed by atoms with E-state index in [2.05, 4.69) is 24.4 Å². The quantitative estimate of drug-likeness (QED) is 0.878. The van der Waals surface area contributed by atoms with Crippen molar-refractivity contribution in [2.75, 3.05) is 26.8 Å². The Kier molecular flexibility index (Phi) is 4.67. The van der Waals surface area contributed by atoms with Gasteiger partial charge in [0.2, 0.25) is 0 Å². The normalized spacial score (nSPS) is 20.0. The maximum Gasteiger partial charge on any atom is 0.122 e. The van der Waals surface area contributed by atoms with E-state index < -0.39 is 0 Å². The predicted molar refractivity (Wildman–Crippen MR) is 79.9 cm³/mol. The third kappa shape index (κ3) is 3.51. The van der Waals surface area contributed by atoms with Crippen LogP contribution in [-0.2, 0) is 17.8 Å². The van der Waals surface area contributed by atoms with Gasteiger partial charge in [-0.2, -0.15) is 0 Å². The Hall–Kier alpha value is -1.66. The van der Waals surface area contributed by atoms with Crippen LogP contribution >= 0.6 is 0 Å². The molecule has 1 atom stereocenters. The minimum absolute atomic E-state index is 0.510. The molecular weight excluding hydrogens is 266 g/mol. The molecule has 0 aliphatic carbocycles. The number of hydrogen-bond donors (Lipinski definition) is 1. The lowest BCUT2D eigenvalue weighted by molar-refractivity contribution is 0.175. The summed E-state index contributed by atoms with van der Waals surface area (Å²) in [5, 5.41) is 0. The Bertz CT molecular complexity index is 536. The van der Waals surface area contributed by atoms with Gasteiger partial charge in [-0.25, -0.2) is 9.97 Å². The van der Waals surface area contributed by atoms with Crippen LogP contribution in [0.1, 0.15) is 30.4 Å². The summed E-state index contributed by atoms with van der Waals surface area (Å²) in [6.07, 6.45) is 10.1. The number of aromatic nitrogens is 4. The van der Waals surface area contributed by atoms with Crippen LogP contribution in [0, 0.1) is 0 Å². The Morgan fingerprint density at radius 2 is 2.33 bits per heavy atom. The predicted octanol–water partition coefficient (Wildman–Crippen LogP) is 1.63. The van der Waals surface area contributed by atoms with Gasteiger partial charge in [0.15, 0.2) is 0 Å². The highest BCUT2D eigenvalue weighted by Crippen LogP contribution is 2.25. The van der Waals surface area contributed by atoms with Crippen molar-refractivity contribution in [1.29, 1.82) is 0 Å². The summed E-state index contributed by atoms with van der Waals surface area (Å²) in [6, 6.07) is 0. The minimum Gasteiger partial charge on any atom is -0.383 e. The van der Waals surface area contributed by atoms with E-state index >= 15 is 0 Å². The van der Waals surface area contributed by atoms with E-state index in [1.165, 1.54) is 12.8 Å². The second kappa shape index (κ2) is 6.87. The number of piperidine rings is 1. The van der Waals surface area contributed by atoms with E-state index in [-0.39, 0.29) is 0 Å². The Morgan fingerprint density at radius 1 is 1.38 bits per heavy atom. The molecule has 2 aromatic heterocycles. The number of nitrogens with one attached hydrogen (secondary N) is 1. The van der Waals surface area contributed by atoms with E-state index in [9.17, 15) is 0 Å². The first kappa shape index (κ1) is 14.3. The van der Waals surface area contributed by atoms with Gasteiger partial charge in [-0.15, -0.1) is 0 Å². The molecule has 0 bridgehead atoms. The monoisotopic (exact) mass is 289 g/mol. The molecule has 0 aromatic carbocycles. The summed E-state index contributed by atoms with van der Waals surface area (Å²) in [4.78, 5) is 14.6. The molecule has 21 heavy (non-hydrogen) atoms. The molecule has 1 unspecified atom stereocenters. The lowest BCUT2D eigenvalue weighted by Crippen LogP contribution is -2.35. The van der Waals surface area contributed by atoms with Gasteiger partial charge < -0.3 is 14.3 Å². The van der Waals surface area contributed by atoms with Crippen molar-refractivity contribution >= 4 is 0 Å². The fourth-order valence-corrected chi connectivity index (χ4v) is 3.01. The maximum absolute atomic E-state index is 5.15. The summed E-state index contributed by atoms with van der Waals surface area (Å²) in [6.45, 7) is 4.66. The summed E-state index contributed by atoms with van der Waals surface area (Å²) in [5.41, 5.74) is 0. The number of hydrogen-bond acceptors (Lipinski definition) is 4.